The van der Waals surface area contributed by atoms with E-state index in [0.717, 1.165) is 18.4 Å². The van der Waals surface area contributed by atoms with Crippen LogP contribution in [0.25, 0.3) is 0 Å². The van der Waals surface area contributed by atoms with Crippen molar-refractivity contribution in [3.8, 4) is 0 Å². The molecule has 122 valence electrons. The highest BCUT2D eigenvalue weighted by Gasteiger charge is 2.16. The van der Waals surface area contributed by atoms with Crippen LogP contribution in [-0.2, 0) is 4.74 Å². The van der Waals surface area contributed by atoms with Gasteiger partial charge in [0.05, 0.1) is 6.10 Å². The highest BCUT2D eigenvalue weighted by molar-refractivity contribution is 5.74. The van der Waals surface area contributed by atoms with E-state index in [-0.39, 0.29) is 24.0 Å². The lowest BCUT2D eigenvalue weighted by molar-refractivity contribution is 0.103. The molecule has 0 spiro atoms. The van der Waals surface area contributed by atoms with E-state index in [1.165, 1.54) is 37.8 Å². The maximum atomic E-state index is 13.3. The van der Waals surface area contributed by atoms with Crippen LogP contribution in [0, 0.1) is 5.82 Å². The van der Waals surface area contributed by atoms with Gasteiger partial charge in [0, 0.05) is 19.7 Å². The average molecular weight is 308 g/mol. The van der Waals surface area contributed by atoms with Crippen molar-refractivity contribution in [2.75, 3.05) is 13.7 Å². The van der Waals surface area contributed by atoms with Crippen LogP contribution in [0.1, 0.15) is 50.2 Å². The Morgan fingerprint density at radius 3 is 2.68 bits per heavy atom. The van der Waals surface area contributed by atoms with Gasteiger partial charge in [0.25, 0.3) is 0 Å². The van der Waals surface area contributed by atoms with E-state index in [4.69, 9.17) is 4.74 Å². The summed E-state index contributed by atoms with van der Waals surface area (Å²) in [5.41, 5.74) is 0.720. The zero-order valence-corrected chi connectivity index (χ0v) is 13.1. The van der Waals surface area contributed by atoms with Crippen LogP contribution in [-0.4, -0.2) is 25.7 Å². The van der Waals surface area contributed by atoms with Crippen molar-refractivity contribution in [2.24, 2.45) is 0 Å². The van der Waals surface area contributed by atoms with E-state index in [9.17, 15) is 9.18 Å². The second-order valence-corrected chi connectivity index (χ2v) is 5.82. The molecular weight excluding hydrogens is 283 g/mol. The van der Waals surface area contributed by atoms with Gasteiger partial charge >= 0.3 is 6.03 Å². The molecule has 1 aliphatic rings. The second-order valence-electron chi connectivity index (χ2n) is 5.82. The maximum absolute atomic E-state index is 13.3. The highest BCUT2D eigenvalue weighted by Crippen LogP contribution is 2.18. The van der Waals surface area contributed by atoms with Gasteiger partial charge in [-0.25, -0.2) is 9.18 Å². The lowest BCUT2D eigenvalue weighted by atomic mass is 10.1. The molecule has 0 saturated heterocycles. The number of benzene rings is 1. The molecule has 2 N–H and O–H groups in total. The number of ether oxygens (including phenoxy) is 1. The molecule has 1 unspecified atom stereocenters. The summed E-state index contributed by atoms with van der Waals surface area (Å²) in [6.45, 7) is 0.318. The number of amides is 2. The van der Waals surface area contributed by atoms with Gasteiger partial charge < -0.3 is 15.4 Å². The predicted octanol–water partition coefficient (Wildman–Crippen LogP) is 3.54. The van der Waals surface area contributed by atoms with E-state index in [2.05, 4.69) is 10.6 Å². The molecular formula is C17H25FN2O2. The Morgan fingerprint density at radius 1 is 1.32 bits per heavy atom. The summed E-state index contributed by atoms with van der Waals surface area (Å²) in [6, 6.07) is 6.34. The fourth-order valence-electron chi connectivity index (χ4n) is 2.89. The number of hydrogen-bond donors (Lipinski definition) is 2. The second kappa shape index (κ2) is 8.73. The quantitative estimate of drug-likeness (QED) is 0.818. The Kier molecular flexibility index (Phi) is 6.65. The molecule has 1 aromatic carbocycles. The summed E-state index contributed by atoms with van der Waals surface area (Å²) in [7, 11) is 1.56. The third-order valence-corrected chi connectivity index (χ3v) is 4.14. The monoisotopic (exact) mass is 308 g/mol. The molecule has 1 aromatic rings. The molecule has 1 saturated carbocycles. The van der Waals surface area contributed by atoms with Gasteiger partial charge in [-0.1, -0.05) is 37.8 Å². The lowest BCUT2D eigenvalue weighted by Gasteiger charge is -2.20. The number of methoxy groups -OCH3 is 1. The zero-order valence-electron chi connectivity index (χ0n) is 13.1. The highest BCUT2D eigenvalue weighted by atomic mass is 19.1. The van der Waals surface area contributed by atoms with Gasteiger partial charge in [-0.05, 0) is 30.5 Å². The Hall–Kier alpha value is -1.62. The summed E-state index contributed by atoms with van der Waals surface area (Å²) >= 11 is 0. The van der Waals surface area contributed by atoms with E-state index >= 15 is 0 Å². The van der Waals surface area contributed by atoms with Gasteiger partial charge in [-0.3, -0.25) is 0 Å². The van der Waals surface area contributed by atoms with Gasteiger partial charge in [0.1, 0.15) is 5.82 Å². The molecule has 1 atom stereocenters. The number of carbonyl (C=O) groups is 1. The van der Waals surface area contributed by atoms with Crippen molar-refractivity contribution >= 4 is 6.03 Å². The molecule has 0 aromatic heterocycles. The standard InChI is InChI=1S/C17H25FN2O2/c1-22-16(13-7-6-8-14(18)11-13)12-19-17(21)20-15-9-4-2-3-5-10-15/h6-8,11,15-16H,2-5,9-10,12H2,1H3,(H2,19,20,21). The third kappa shape index (κ3) is 5.30. The molecule has 2 amide bonds. The minimum absolute atomic E-state index is 0.176. The van der Waals surface area contributed by atoms with Crippen LogP contribution in [0.2, 0.25) is 0 Å². The topological polar surface area (TPSA) is 50.4 Å². The fraction of sp³-hybridized carbons (Fsp3) is 0.588. The summed E-state index contributed by atoms with van der Waals surface area (Å²) in [5.74, 6) is -0.303. The van der Waals surface area contributed by atoms with E-state index in [1.54, 1.807) is 19.2 Å². The summed E-state index contributed by atoms with van der Waals surface area (Å²) in [6.07, 6.45) is 6.60. The number of hydrogen-bond acceptors (Lipinski definition) is 2. The molecule has 0 aliphatic heterocycles. The van der Waals surface area contributed by atoms with Crippen molar-refractivity contribution < 1.29 is 13.9 Å². The average Bonchev–Trinajstić information content (AvgIpc) is 2.76. The smallest absolute Gasteiger partial charge is 0.315 e. The third-order valence-electron chi connectivity index (χ3n) is 4.14. The molecule has 0 heterocycles. The minimum atomic E-state index is -0.351. The fourth-order valence-corrected chi connectivity index (χ4v) is 2.89. The number of rotatable bonds is 5. The van der Waals surface area contributed by atoms with Crippen molar-refractivity contribution in [3.05, 3.63) is 35.6 Å². The molecule has 2 rings (SSSR count). The Balaban J connectivity index is 1.80. The summed E-state index contributed by atoms with van der Waals surface area (Å²) < 4.78 is 18.6. The first-order valence-corrected chi connectivity index (χ1v) is 8.01. The molecule has 4 nitrogen and oxygen atoms in total. The van der Waals surface area contributed by atoms with Crippen molar-refractivity contribution in [1.82, 2.24) is 10.6 Å². The van der Waals surface area contributed by atoms with Gasteiger partial charge in [-0.2, -0.15) is 0 Å². The maximum Gasteiger partial charge on any atom is 0.315 e. The first-order chi connectivity index (χ1) is 10.7. The first-order valence-electron chi connectivity index (χ1n) is 8.01. The molecule has 22 heavy (non-hydrogen) atoms. The van der Waals surface area contributed by atoms with Gasteiger partial charge in [-0.15, -0.1) is 0 Å². The SMILES string of the molecule is COC(CNC(=O)NC1CCCCCC1)c1cccc(F)c1. The first kappa shape index (κ1) is 16.7. The minimum Gasteiger partial charge on any atom is -0.375 e. The number of halogens is 1. The van der Waals surface area contributed by atoms with E-state index in [1.807, 2.05) is 0 Å². The van der Waals surface area contributed by atoms with Gasteiger partial charge in [0.2, 0.25) is 0 Å². The zero-order chi connectivity index (χ0) is 15.8. The molecule has 1 fully saturated rings. The van der Waals surface area contributed by atoms with E-state index < -0.39 is 0 Å². The van der Waals surface area contributed by atoms with Crippen LogP contribution in [0.3, 0.4) is 0 Å². The Morgan fingerprint density at radius 2 is 2.05 bits per heavy atom. The van der Waals surface area contributed by atoms with E-state index in [0.29, 0.717) is 6.54 Å². The van der Waals surface area contributed by atoms with Crippen molar-refractivity contribution in [3.63, 3.8) is 0 Å². The number of nitrogens with one attached hydrogen (secondary N) is 2. The van der Waals surface area contributed by atoms with Crippen molar-refractivity contribution in [2.45, 2.75) is 50.7 Å². The normalized spacial score (nSPS) is 17.5. The van der Waals surface area contributed by atoms with Crippen LogP contribution in [0.15, 0.2) is 24.3 Å². The van der Waals surface area contributed by atoms with Crippen molar-refractivity contribution in [1.29, 1.82) is 0 Å². The van der Waals surface area contributed by atoms with Gasteiger partial charge in [0.15, 0.2) is 0 Å². The van der Waals surface area contributed by atoms with Crippen LogP contribution < -0.4 is 10.6 Å². The molecule has 5 heteroatoms. The lowest BCUT2D eigenvalue weighted by Crippen LogP contribution is -2.43. The Bertz CT molecular complexity index is 473. The largest absolute Gasteiger partial charge is 0.375 e. The van der Waals surface area contributed by atoms with Crippen LogP contribution in [0.5, 0.6) is 0 Å². The number of urea groups is 1. The Labute approximate surface area is 131 Å². The van der Waals surface area contributed by atoms with Crippen LogP contribution in [0.4, 0.5) is 9.18 Å². The predicted molar refractivity (Wildman–Crippen MR) is 84.2 cm³/mol. The molecule has 0 bridgehead atoms. The molecule has 0 radical (unpaired) electrons. The molecule has 1 aliphatic carbocycles. The summed E-state index contributed by atoms with van der Waals surface area (Å²) in [4.78, 5) is 12.0. The summed E-state index contributed by atoms with van der Waals surface area (Å²) in [5, 5.41) is 5.84. The number of carbonyl (C=O) groups excluding carboxylic acids is 1. The van der Waals surface area contributed by atoms with Crippen LogP contribution >= 0.6 is 0 Å².